The minimum atomic E-state index is -2.63. The van der Waals surface area contributed by atoms with Gasteiger partial charge in [-0.1, -0.05) is 0 Å². The van der Waals surface area contributed by atoms with Gasteiger partial charge in [0.25, 0.3) is 0 Å². The standard InChI is InChI=1S/3C6H11.CNS.Sn/c3*1-2-4-6-5-3-1;2-1-3;/h3*1H,2-6H2;;/q;;;-1;+1. The molecule has 1 nitrogen and oxygen atoms in total. The van der Waals surface area contributed by atoms with Crippen LogP contribution >= 0.6 is 12.2 Å². The van der Waals surface area contributed by atoms with Gasteiger partial charge < -0.3 is 0 Å². The minimum absolute atomic E-state index is 1.00. The van der Waals surface area contributed by atoms with E-state index < -0.39 is 18.7 Å². The molecule has 0 N–H and O–H groups in total. The van der Waals surface area contributed by atoms with Gasteiger partial charge in [0.05, 0.1) is 0 Å². The molecule has 0 spiro atoms. The first-order chi connectivity index (χ1) is 10.9. The van der Waals surface area contributed by atoms with Crippen LogP contribution in [0.3, 0.4) is 0 Å². The van der Waals surface area contributed by atoms with Crippen LogP contribution in [0.2, 0.25) is 11.8 Å². The Bertz CT molecular complexity index is 341. The predicted molar refractivity (Wildman–Crippen MR) is 101 cm³/mol. The summed E-state index contributed by atoms with van der Waals surface area (Å²) in [5.41, 5.74) is 0. The molecular formula is C19H33NSSn. The third-order valence-electron chi connectivity index (χ3n) is 7.02. The SMILES string of the molecule is S=C=[N][Sn]([CH]1CCCCC1)([CH]1CCCCC1)[CH]1CCCCC1. The Labute approximate surface area is 147 Å². The first-order valence-electron chi connectivity index (χ1n) is 9.97. The van der Waals surface area contributed by atoms with Gasteiger partial charge in [-0.3, -0.25) is 0 Å². The van der Waals surface area contributed by atoms with Crippen LogP contribution in [-0.2, 0) is 0 Å². The Hall–Kier alpha value is 0.599. The molecule has 3 rings (SSSR count). The quantitative estimate of drug-likeness (QED) is 0.267. The Balaban J connectivity index is 1.93. The van der Waals surface area contributed by atoms with Crippen molar-refractivity contribution in [1.29, 1.82) is 0 Å². The van der Waals surface area contributed by atoms with Crippen LogP contribution in [0, 0.1) is 0 Å². The fraction of sp³-hybridized carbons (Fsp3) is 0.947. The van der Waals surface area contributed by atoms with Crippen molar-refractivity contribution in [3.05, 3.63) is 0 Å². The maximum atomic E-state index is 5.30. The number of hydrogen-bond donors (Lipinski definition) is 0. The number of thiocarbonyl (C=S) groups is 1. The van der Waals surface area contributed by atoms with Gasteiger partial charge >= 0.3 is 147 Å². The second-order valence-corrected chi connectivity index (χ2v) is 21.0. The summed E-state index contributed by atoms with van der Waals surface area (Å²) < 4.78 is 8.31. The Kier molecular flexibility index (Phi) is 6.83. The molecule has 0 aromatic heterocycles. The molecule has 0 amide bonds. The molecule has 0 atom stereocenters. The third kappa shape index (κ3) is 3.64. The molecule has 22 heavy (non-hydrogen) atoms. The zero-order valence-corrected chi connectivity index (χ0v) is 17.9. The van der Waals surface area contributed by atoms with E-state index in [2.05, 4.69) is 5.16 Å². The van der Waals surface area contributed by atoms with Gasteiger partial charge in [-0.2, -0.15) is 0 Å². The summed E-state index contributed by atoms with van der Waals surface area (Å²) in [5.74, 6) is 0. The first-order valence-corrected chi connectivity index (χ1v) is 16.6. The van der Waals surface area contributed by atoms with Crippen LogP contribution in [0.4, 0.5) is 0 Å². The van der Waals surface area contributed by atoms with Crippen LogP contribution in [0.15, 0.2) is 3.21 Å². The zero-order chi connectivity index (χ0) is 15.3. The van der Waals surface area contributed by atoms with Gasteiger partial charge in [0.2, 0.25) is 0 Å². The molecule has 3 fully saturated rings. The number of nitrogens with zero attached hydrogens (tertiary/aromatic N) is 1. The maximum absolute atomic E-state index is 5.30. The molecule has 0 aliphatic heterocycles. The van der Waals surface area contributed by atoms with Crippen LogP contribution in [0.25, 0.3) is 0 Å². The molecule has 3 heteroatoms. The summed E-state index contributed by atoms with van der Waals surface area (Å²) in [7, 11) is 0. The monoisotopic (exact) mass is 427 g/mol. The van der Waals surface area contributed by atoms with Gasteiger partial charge in [-0.15, -0.1) is 0 Å². The van der Waals surface area contributed by atoms with Crippen molar-refractivity contribution in [2.45, 2.75) is 108 Å². The van der Waals surface area contributed by atoms with Crippen LogP contribution in [-0.4, -0.2) is 23.8 Å². The van der Waals surface area contributed by atoms with Gasteiger partial charge in [-0.25, -0.2) is 0 Å². The molecule has 0 aromatic carbocycles. The summed E-state index contributed by atoms with van der Waals surface area (Å²) in [5, 5.41) is 3.00. The van der Waals surface area contributed by atoms with Gasteiger partial charge in [0.1, 0.15) is 0 Å². The molecule has 0 unspecified atom stereocenters. The van der Waals surface area contributed by atoms with Crippen molar-refractivity contribution >= 4 is 36.0 Å². The van der Waals surface area contributed by atoms with Crippen molar-refractivity contribution in [3.63, 3.8) is 0 Å². The van der Waals surface area contributed by atoms with Crippen molar-refractivity contribution in [2.75, 3.05) is 0 Å². The Morgan fingerprint density at radius 1 is 0.591 bits per heavy atom. The van der Waals surface area contributed by atoms with E-state index in [0.29, 0.717) is 0 Å². The predicted octanol–water partition coefficient (Wildman–Crippen LogP) is 7.04. The fourth-order valence-corrected chi connectivity index (χ4v) is 26.2. The first kappa shape index (κ1) is 17.4. The van der Waals surface area contributed by atoms with E-state index in [-0.39, 0.29) is 0 Å². The summed E-state index contributed by atoms with van der Waals surface area (Å²) >= 11 is 2.61. The van der Waals surface area contributed by atoms with E-state index in [9.17, 15) is 0 Å². The zero-order valence-electron chi connectivity index (χ0n) is 14.2. The average molecular weight is 426 g/mol. The topological polar surface area (TPSA) is 12.4 Å². The average Bonchev–Trinajstić information content (AvgIpc) is 2.62. The van der Waals surface area contributed by atoms with E-state index >= 15 is 0 Å². The molecule has 3 aliphatic rings. The van der Waals surface area contributed by atoms with Crippen molar-refractivity contribution < 1.29 is 0 Å². The van der Waals surface area contributed by atoms with E-state index in [0.717, 1.165) is 11.8 Å². The number of isothiocyanates is 1. The second-order valence-electron chi connectivity index (χ2n) is 8.10. The molecule has 0 radical (unpaired) electrons. The van der Waals surface area contributed by atoms with E-state index in [1.54, 1.807) is 0 Å². The summed E-state index contributed by atoms with van der Waals surface area (Å²) in [6.45, 7) is 0. The molecule has 3 saturated carbocycles. The van der Waals surface area contributed by atoms with Gasteiger partial charge in [0.15, 0.2) is 0 Å². The number of hydrogen-bond acceptors (Lipinski definition) is 2. The van der Waals surface area contributed by atoms with Gasteiger partial charge in [0, 0.05) is 0 Å². The fourth-order valence-electron chi connectivity index (χ4n) is 6.05. The summed E-state index contributed by atoms with van der Waals surface area (Å²) in [4.78, 5) is 0. The summed E-state index contributed by atoms with van der Waals surface area (Å²) in [6.07, 6.45) is 22.1. The normalized spacial score (nSPS) is 26.5. The van der Waals surface area contributed by atoms with Crippen LogP contribution < -0.4 is 0 Å². The molecular weight excluding hydrogens is 393 g/mol. The Morgan fingerprint density at radius 3 is 1.18 bits per heavy atom. The molecule has 0 saturated heterocycles. The summed E-state index contributed by atoms with van der Waals surface area (Å²) in [6, 6.07) is 0. The second kappa shape index (κ2) is 8.62. The molecule has 124 valence electrons. The Morgan fingerprint density at radius 2 is 0.909 bits per heavy atom. The molecule has 0 aromatic rings. The van der Waals surface area contributed by atoms with Gasteiger partial charge in [-0.05, 0) is 0 Å². The molecule has 0 bridgehead atoms. The van der Waals surface area contributed by atoms with E-state index in [1.165, 1.54) is 96.3 Å². The van der Waals surface area contributed by atoms with E-state index in [4.69, 9.17) is 15.4 Å². The number of rotatable bonds is 4. The van der Waals surface area contributed by atoms with Crippen LogP contribution in [0.1, 0.15) is 96.3 Å². The third-order valence-corrected chi connectivity index (χ3v) is 25.1. The van der Waals surface area contributed by atoms with Crippen LogP contribution in [0.5, 0.6) is 0 Å². The van der Waals surface area contributed by atoms with Crippen molar-refractivity contribution in [3.8, 4) is 0 Å². The van der Waals surface area contributed by atoms with Crippen molar-refractivity contribution in [2.24, 2.45) is 3.21 Å². The molecule has 3 aliphatic carbocycles. The molecule has 0 heterocycles. The van der Waals surface area contributed by atoms with Crippen molar-refractivity contribution in [1.82, 2.24) is 0 Å². The van der Waals surface area contributed by atoms with E-state index in [1.807, 2.05) is 0 Å².